The normalized spacial score (nSPS) is 13.1. The summed E-state index contributed by atoms with van der Waals surface area (Å²) >= 11 is 1.32. The molecule has 10 heteroatoms. The Morgan fingerprint density at radius 1 is 1.12 bits per heavy atom. The lowest BCUT2D eigenvalue weighted by atomic mass is 10.2. The van der Waals surface area contributed by atoms with Crippen molar-refractivity contribution in [2.24, 2.45) is 4.99 Å². The molecule has 0 saturated heterocycles. The van der Waals surface area contributed by atoms with Gasteiger partial charge < -0.3 is 28.3 Å². The van der Waals surface area contributed by atoms with Crippen LogP contribution in [-0.2, 0) is 16.1 Å². The highest BCUT2D eigenvalue weighted by Gasteiger charge is 2.19. The molecule has 0 aliphatic carbocycles. The summed E-state index contributed by atoms with van der Waals surface area (Å²) in [5, 5.41) is 0. The van der Waals surface area contributed by atoms with E-state index in [2.05, 4.69) is 4.99 Å². The smallest absolute Gasteiger partial charge is 0.307 e. The van der Waals surface area contributed by atoms with Crippen LogP contribution < -0.4 is 23.7 Å². The minimum Gasteiger partial charge on any atom is -0.493 e. The molecule has 1 amide bonds. The zero-order valence-electron chi connectivity index (χ0n) is 18.6. The third-order valence-corrected chi connectivity index (χ3v) is 6.06. The summed E-state index contributed by atoms with van der Waals surface area (Å²) in [5.41, 5.74) is 1.06. The van der Waals surface area contributed by atoms with E-state index >= 15 is 0 Å². The molecule has 1 aliphatic rings. The van der Waals surface area contributed by atoms with Crippen LogP contribution in [0.3, 0.4) is 0 Å². The standard InChI is InChI=1S/C23H24N2O7S/c1-4-30-20(26)8-9-25-15-12-17-18(32-11-10-31-17)13-19(15)33-23(25)24-22(27)14-6-5-7-16(28-2)21(14)29-3/h5-7,12-13H,4,8-11H2,1-3H3. The van der Waals surface area contributed by atoms with Crippen molar-refractivity contribution in [1.82, 2.24) is 4.57 Å². The van der Waals surface area contributed by atoms with Crippen molar-refractivity contribution >= 4 is 33.4 Å². The van der Waals surface area contributed by atoms with Crippen molar-refractivity contribution in [3.05, 3.63) is 40.7 Å². The molecular weight excluding hydrogens is 448 g/mol. The topological polar surface area (TPSA) is 97.6 Å². The highest BCUT2D eigenvalue weighted by Crippen LogP contribution is 2.36. The largest absolute Gasteiger partial charge is 0.493 e. The van der Waals surface area contributed by atoms with Gasteiger partial charge in [0.05, 0.1) is 43.0 Å². The summed E-state index contributed by atoms with van der Waals surface area (Å²) < 4.78 is 29.8. The average molecular weight is 473 g/mol. The monoisotopic (exact) mass is 472 g/mol. The average Bonchev–Trinajstić information content (AvgIpc) is 3.16. The van der Waals surface area contributed by atoms with Crippen molar-refractivity contribution in [1.29, 1.82) is 0 Å². The van der Waals surface area contributed by atoms with Gasteiger partial charge in [-0.25, -0.2) is 0 Å². The molecular formula is C23H24N2O7S. The van der Waals surface area contributed by atoms with Crippen LogP contribution in [0, 0.1) is 0 Å². The van der Waals surface area contributed by atoms with Gasteiger partial charge in [-0.05, 0) is 19.1 Å². The number of benzene rings is 2. The summed E-state index contributed by atoms with van der Waals surface area (Å²) in [7, 11) is 2.97. The maximum Gasteiger partial charge on any atom is 0.307 e. The lowest BCUT2D eigenvalue weighted by Crippen LogP contribution is -2.20. The molecule has 0 atom stereocenters. The van der Waals surface area contributed by atoms with Crippen LogP contribution in [0.25, 0.3) is 10.2 Å². The SMILES string of the molecule is CCOC(=O)CCn1c(=NC(=O)c2cccc(OC)c2OC)sc2cc3c(cc21)OCCO3. The number of hydrogen-bond donors (Lipinski definition) is 0. The maximum atomic E-state index is 13.1. The molecule has 0 bridgehead atoms. The molecule has 0 unspecified atom stereocenters. The molecule has 1 aromatic heterocycles. The summed E-state index contributed by atoms with van der Waals surface area (Å²) in [6.45, 7) is 3.28. The molecule has 2 heterocycles. The van der Waals surface area contributed by atoms with Crippen LogP contribution in [0.5, 0.6) is 23.0 Å². The number of aromatic nitrogens is 1. The first kappa shape index (κ1) is 22.7. The fraction of sp³-hybridized carbons (Fsp3) is 0.348. The zero-order valence-corrected chi connectivity index (χ0v) is 19.4. The fourth-order valence-corrected chi connectivity index (χ4v) is 4.61. The van der Waals surface area contributed by atoms with E-state index in [1.807, 2.05) is 16.7 Å². The maximum absolute atomic E-state index is 13.1. The Hall–Kier alpha value is -3.53. The number of amides is 1. The summed E-state index contributed by atoms with van der Waals surface area (Å²) in [5.74, 6) is 1.19. The van der Waals surface area contributed by atoms with Gasteiger partial charge in [0.25, 0.3) is 5.91 Å². The number of methoxy groups -OCH3 is 2. The third kappa shape index (κ3) is 4.65. The van der Waals surface area contributed by atoms with Gasteiger partial charge in [0.1, 0.15) is 13.2 Å². The number of aryl methyl sites for hydroxylation is 1. The van der Waals surface area contributed by atoms with Gasteiger partial charge in [0, 0.05) is 18.7 Å². The minimum absolute atomic E-state index is 0.137. The number of rotatable bonds is 7. The molecule has 1 aliphatic heterocycles. The van der Waals surface area contributed by atoms with Gasteiger partial charge in [-0.3, -0.25) is 9.59 Å². The summed E-state index contributed by atoms with van der Waals surface area (Å²) in [4.78, 5) is 30.0. The molecule has 0 saturated carbocycles. The number of carbonyl (C=O) groups excluding carboxylic acids is 2. The molecule has 0 fully saturated rings. The summed E-state index contributed by atoms with van der Waals surface area (Å²) in [6, 6.07) is 8.75. The molecule has 9 nitrogen and oxygen atoms in total. The molecule has 33 heavy (non-hydrogen) atoms. The highest BCUT2D eigenvalue weighted by molar-refractivity contribution is 7.16. The van der Waals surface area contributed by atoms with Gasteiger partial charge in [-0.2, -0.15) is 4.99 Å². The third-order valence-electron chi connectivity index (χ3n) is 5.02. The Morgan fingerprint density at radius 2 is 1.88 bits per heavy atom. The second-order valence-corrected chi connectivity index (χ2v) is 8.02. The first-order valence-corrected chi connectivity index (χ1v) is 11.3. The predicted molar refractivity (Wildman–Crippen MR) is 121 cm³/mol. The van der Waals surface area contributed by atoms with E-state index in [0.29, 0.717) is 54.2 Å². The summed E-state index contributed by atoms with van der Waals surface area (Å²) in [6.07, 6.45) is 0.137. The van der Waals surface area contributed by atoms with Gasteiger partial charge >= 0.3 is 5.97 Å². The van der Waals surface area contributed by atoms with Crippen molar-refractivity contribution in [2.75, 3.05) is 34.0 Å². The molecule has 174 valence electrons. The van der Waals surface area contributed by atoms with Gasteiger partial charge in [0.15, 0.2) is 27.8 Å². The predicted octanol–water partition coefficient (Wildman–Crippen LogP) is 3.19. The van der Waals surface area contributed by atoms with Gasteiger partial charge in [-0.15, -0.1) is 0 Å². The van der Waals surface area contributed by atoms with E-state index in [0.717, 1.165) is 10.2 Å². The quantitative estimate of drug-likeness (QED) is 0.487. The first-order chi connectivity index (χ1) is 16.0. The number of hydrogen-bond acceptors (Lipinski definition) is 8. The van der Waals surface area contributed by atoms with Crippen molar-refractivity contribution in [3.63, 3.8) is 0 Å². The molecule has 0 radical (unpaired) electrons. The lowest BCUT2D eigenvalue weighted by Gasteiger charge is -2.18. The molecule has 0 spiro atoms. The Bertz CT molecular complexity index is 1260. The van der Waals surface area contributed by atoms with Gasteiger partial charge in [-0.1, -0.05) is 17.4 Å². The van der Waals surface area contributed by atoms with E-state index in [1.165, 1.54) is 25.6 Å². The van der Waals surface area contributed by atoms with Crippen LogP contribution in [-0.4, -0.2) is 50.5 Å². The molecule has 3 aromatic rings. The Labute approximate surface area is 194 Å². The molecule has 2 aromatic carbocycles. The van der Waals surface area contributed by atoms with Crippen molar-refractivity contribution in [3.8, 4) is 23.0 Å². The van der Waals surface area contributed by atoms with E-state index in [1.54, 1.807) is 25.1 Å². The van der Waals surface area contributed by atoms with Crippen LogP contribution in [0.15, 0.2) is 35.3 Å². The number of fused-ring (bicyclic) bond motifs is 2. The Balaban J connectivity index is 1.81. The Kier molecular flexibility index (Phi) is 6.83. The molecule has 0 N–H and O–H groups in total. The minimum atomic E-state index is -0.487. The van der Waals surface area contributed by atoms with Crippen LogP contribution in [0.4, 0.5) is 0 Å². The lowest BCUT2D eigenvalue weighted by molar-refractivity contribution is -0.143. The number of esters is 1. The Morgan fingerprint density at radius 3 is 2.58 bits per heavy atom. The highest BCUT2D eigenvalue weighted by atomic mass is 32.1. The number of nitrogens with zero attached hydrogens (tertiary/aromatic N) is 2. The zero-order chi connectivity index (χ0) is 23.4. The van der Waals surface area contributed by atoms with Crippen LogP contribution >= 0.6 is 11.3 Å². The molecule has 4 rings (SSSR count). The number of thiazole rings is 1. The number of carbonyl (C=O) groups is 2. The van der Waals surface area contributed by atoms with E-state index < -0.39 is 5.91 Å². The van der Waals surface area contributed by atoms with E-state index in [9.17, 15) is 9.59 Å². The number of para-hydroxylation sites is 1. The fourth-order valence-electron chi connectivity index (χ4n) is 3.55. The second kappa shape index (κ2) is 9.95. The van der Waals surface area contributed by atoms with Crippen molar-refractivity contribution in [2.45, 2.75) is 19.9 Å². The van der Waals surface area contributed by atoms with Crippen LogP contribution in [0.2, 0.25) is 0 Å². The number of ether oxygens (including phenoxy) is 5. The van der Waals surface area contributed by atoms with Crippen molar-refractivity contribution < 1.29 is 33.3 Å². The first-order valence-electron chi connectivity index (χ1n) is 10.4. The van der Waals surface area contributed by atoms with E-state index in [-0.39, 0.29) is 18.0 Å². The second-order valence-electron chi connectivity index (χ2n) is 7.01. The van der Waals surface area contributed by atoms with E-state index in [4.69, 9.17) is 23.7 Å². The van der Waals surface area contributed by atoms with Gasteiger partial charge in [0.2, 0.25) is 0 Å². The van der Waals surface area contributed by atoms with Crippen LogP contribution in [0.1, 0.15) is 23.7 Å².